The molecule has 1 aliphatic rings. The first-order valence-corrected chi connectivity index (χ1v) is 9.47. The van der Waals surface area contributed by atoms with E-state index in [9.17, 15) is 4.79 Å². The van der Waals surface area contributed by atoms with Gasteiger partial charge in [0.15, 0.2) is 0 Å². The smallest absolute Gasteiger partial charge is 0.410 e. The molecule has 0 unspecified atom stereocenters. The van der Waals surface area contributed by atoms with E-state index in [4.69, 9.17) is 4.74 Å². The fourth-order valence-electron chi connectivity index (χ4n) is 2.97. The lowest BCUT2D eigenvalue weighted by molar-refractivity contribution is 0.0236. The van der Waals surface area contributed by atoms with Gasteiger partial charge in [0.25, 0.3) is 0 Å². The number of likely N-dealkylation sites (tertiary alicyclic amines) is 1. The molecular weight excluding hydrogens is 332 g/mol. The van der Waals surface area contributed by atoms with Gasteiger partial charge >= 0.3 is 6.09 Å². The second kappa shape index (κ2) is 7.40. The van der Waals surface area contributed by atoms with E-state index >= 15 is 0 Å². The number of amides is 1. The van der Waals surface area contributed by atoms with E-state index in [0.29, 0.717) is 13.1 Å². The number of hydrogen-bond acceptors (Lipinski definition) is 4. The van der Waals surface area contributed by atoms with Gasteiger partial charge in [-0.2, -0.15) is 0 Å². The molecule has 0 radical (unpaired) electrons. The molecule has 1 aromatic heterocycles. The van der Waals surface area contributed by atoms with Crippen LogP contribution >= 0.6 is 11.3 Å². The molecule has 1 fully saturated rings. The van der Waals surface area contributed by atoms with E-state index in [-0.39, 0.29) is 6.09 Å². The second-order valence-corrected chi connectivity index (χ2v) is 8.04. The van der Waals surface area contributed by atoms with Gasteiger partial charge in [0.05, 0.1) is 0 Å². The van der Waals surface area contributed by atoms with Gasteiger partial charge in [-0.3, -0.25) is 0 Å². The third-order valence-corrected chi connectivity index (χ3v) is 4.87. The molecule has 3 rings (SSSR count). The Morgan fingerprint density at radius 1 is 1.16 bits per heavy atom. The van der Waals surface area contributed by atoms with Crippen LogP contribution in [0.15, 0.2) is 47.5 Å². The largest absolute Gasteiger partial charge is 0.444 e. The van der Waals surface area contributed by atoms with Gasteiger partial charge in [-0.15, -0.1) is 11.3 Å². The normalized spacial score (nSPS) is 15.2. The molecule has 2 heterocycles. The summed E-state index contributed by atoms with van der Waals surface area (Å²) in [5, 5.41) is 3.06. The zero-order valence-electron chi connectivity index (χ0n) is 15.0. The summed E-state index contributed by atoms with van der Waals surface area (Å²) in [6, 6.07) is 10.4. The maximum absolute atomic E-state index is 12.3. The number of carbonyl (C=O) groups is 1. The number of rotatable bonds is 2. The topological polar surface area (TPSA) is 42.4 Å². The quantitative estimate of drug-likeness (QED) is 0.762. The van der Waals surface area contributed by atoms with Crippen molar-refractivity contribution < 1.29 is 9.53 Å². The van der Waals surface area contributed by atoms with Crippen LogP contribution in [0.1, 0.15) is 44.2 Å². The number of benzene rings is 1. The van der Waals surface area contributed by atoms with Crippen LogP contribution in [-0.2, 0) is 4.74 Å². The van der Waals surface area contributed by atoms with Gasteiger partial charge in [-0.05, 0) is 39.2 Å². The lowest BCUT2D eigenvalue weighted by Crippen LogP contribution is -2.40. The summed E-state index contributed by atoms with van der Waals surface area (Å²) in [6.07, 6.45) is 3.33. The SMILES string of the molecule is CC(C)(C)OC(=O)N1CCC(=C(c2ccccc2)c2nccs2)CC1. The number of ether oxygens (including phenoxy) is 1. The van der Waals surface area contributed by atoms with Crippen molar-refractivity contribution in [3.05, 3.63) is 58.1 Å². The van der Waals surface area contributed by atoms with Crippen LogP contribution in [0.3, 0.4) is 0 Å². The highest BCUT2D eigenvalue weighted by Crippen LogP contribution is 2.33. The molecule has 0 bridgehead atoms. The van der Waals surface area contributed by atoms with Crippen molar-refractivity contribution in [3.8, 4) is 0 Å². The monoisotopic (exact) mass is 356 g/mol. The Morgan fingerprint density at radius 2 is 1.84 bits per heavy atom. The van der Waals surface area contributed by atoms with Crippen molar-refractivity contribution in [3.63, 3.8) is 0 Å². The van der Waals surface area contributed by atoms with Crippen molar-refractivity contribution in [1.82, 2.24) is 9.88 Å². The van der Waals surface area contributed by atoms with Crippen molar-refractivity contribution in [2.45, 2.75) is 39.2 Å². The van der Waals surface area contributed by atoms with Crippen molar-refractivity contribution in [2.24, 2.45) is 0 Å². The summed E-state index contributed by atoms with van der Waals surface area (Å²) >= 11 is 1.66. The van der Waals surface area contributed by atoms with Gasteiger partial charge in [0, 0.05) is 30.2 Å². The Labute approximate surface area is 153 Å². The molecule has 25 heavy (non-hydrogen) atoms. The van der Waals surface area contributed by atoms with Gasteiger partial charge in [0.2, 0.25) is 0 Å². The number of piperidine rings is 1. The minimum absolute atomic E-state index is 0.220. The number of hydrogen-bond donors (Lipinski definition) is 0. The molecule has 0 N–H and O–H groups in total. The summed E-state index contributed by atoms with van der Waals surface area (Å²) in [7, 11) is 0. The number of carbonyl (C=O) groups excluding carboxylic acids is 1. The zero-order chi connectivity index (χ0) is 17.9. The predicted octanol–water partition coefficient (Wildman–Crippen LogP) is 4.98. The lowest BCUT2D eigenvalue weighted by Gasteiger charge is -2.31. The van der Waals surface area contributed by atoms with Crippen LogP contribution in [0, 0.1) is 0 Å². The molecule has 1 amide bonds. The van der Waals surface area contributed by atoms with Crippen molar-refractivity contribution in [1.29, 1.82) is 0 Å². The molecule has 1 saturated heterocycles. The zero-order valence-corrected chi connectivity index (χ0v) is 15.8. The summed E-state index contributed by atoms with van der Waals surface area (Å²) in [4.78, 5) is 18.6. The average molecular weight is 356 g/mol. The highest BCUT2D eigenvalue weighted by molar-refractivity contribution is 7.10. The molecule has 0 spiro atoms. The summed E-state index contributed by atoms with van der Waals surface area (Å²) < 4.78 is 5.49. The molecule has 0 aliphatic carbocycles. The fraction of sp³-hybridized carbons (Fsp3) is 0.400. The summed E-state index contributed by atoms with van der Waals surface area (Å²) in [5.74, 6) is 0. The second-order valence-electron chi connectivity index (χ2n) is 7.15. The molecule has 2 aromatic rings. The molecule has 5 heteroatoms. The minimum Gasteiger partial charge on any atom is -0.444 e. The average Bonchev–Trinajstić information content (AvgIpc) is 3.09. The Kier molecular flexibility index (Phi) is 5.23. The molecule has 132 valence electrons. The highest BCUT2D eigenvalue weighted by atomic mass is 32.1. The number of nitrogens with zero attached hydrogens (tertiary/aromatic N) is 2. The molecule has 0 saturated carbocycles. The first-order chi connectivity index (χ1) is 11.9. The molecule has 1 aromatic carbocycles. The maximum Gasteiger partial charge on any atom is 0.410 e. The molecule has 4 nitrogen and oxygen atoms in total. The van der Waals surface area contributed by atoms with Crippen LogP contribution in [0.4, 0.5) is 4.79 Å². The van der Waals surface area contributed by atoms with E-state index in [2.05, 4.69) is 29.2 Å². The maximum atomic E-state index is 12.3. The van der Waals surface area contributed by atoms with Crippen LogP contribution in [0.25, 0.3) is 5.57 Å². The van der Waals surface area contributed by atoms with E-state index in [1.165, 1.54) is 16.7 Å². The Morgan fingerprint density at radius 3 is 2.40 bits per heavy atom. The van der Waals surface area contributed by atoms with E-state index in [1.807, 2.05) is 38.4 Å². The first kappa shape index (κ1) is 17.7. The van der Waals surface area contributed by atoms with E-state index in [0.717, 1.165) is 17.8 Å². The lowest BCUT2D eigenvalue weighted by atomic mass is 9.93. The third kappa shape index (κ3) is 4.48. The Balaban J connectivity index is 1.81. The van der Waals surface area contributed by atoms with Gasteiger partial charge in [-0.25, -0.2) is 9.78 Å². The number of aromatic nitrogens is 1. The van der Waals surface area contributed by atoms with Crippen molar-refractivity contribution >= 4 is 23.0 Å². The molecular formula is C20H24N2O2S. The summed E-state index contributed by atoms with van der Waals surface area (Å²) in [5.41, 5.74) is 3.32. The van der Waals surface area contributed by atoms with Crippen LogP contribution in [0.5, 0.6) is 0 Å². The third-order valence-electron chi connectivity index (χ3n) is 4.08. The number of thiazole rings is 1. The fourth-order valence-corrected chi connectivity index (χ4v) is 3.72. The minimum atomic E-state index is -0.455. The van der Waals surface area contributed by atoms with Crippen LogP contribution in [0.2, 0.25) is 0 Å². The highest BCUT2D eigenvalue weighted by Gasteiger charge is 2.26. The molecule has 1 aliphatic heterocycles. The van der Waals surface area contributed by atoms with Gasteiger partial charge in [0.1, 0.15) is 10.6 Å². The van der Waals surface area contributed by atoms with Gasteiger partial charge in [-0.1, -0.05) is 35.9 Å². The van der Waals surface area contributed by atoms with Crippen molar-refractivity contribution in [2.75, 3.05) is 13.1 Å². The molecule has 0 atom stereocenters. The Bertz CT molecular complexity index is 736. The van der Waals surface area contributed by atoms with Crippen LogP contribution < -0.4 is 0 Å². The predicted molar refractivity (Wildman–Crippen MR) is 102 cm³/mol. The standard InChI is InChI=1S/C20H24N2O2S/c1-20(2,3)24-19(23)22-12-9-16(10-13-22)17(18-21-11-14-25-18)15-7-5-4-6-8-15/h4-8,11,14H,9-10,12-13H2,1-3H3. The van der Waals surface area contributed by atoms with E-state index in [1.54, 1.807) is 16.2 Å². The van der Waals surface area contributed by atoms with E-state index < -0.39 is 5.60 Å². The van der Waals surface area contributed by atoms with Crippen LogP contribution in [-0.4, -0.2) is 34.7 Å². The Hall–Kier alpha value is -2.14. The first-order valence-electron chi connectivity index (χ1n) is 8.59. The van der Waals surface area contributed by atoms with Gasteiger partial charge < -0.3 is 9.64 Å². The summed E-state index contributed by atoms with van der Waals surface area (Å²) in [6.45, 7) is 7.07.